The van der Waals surface area contributed by atoms with E-state index in [4.69, 9.17) is 4.74 Å². The quantitative estimate of drug-likeness (QED) is 0.430. The molecule has 0 atom stereocenters. The van der Waals surface area contributed by atoms with Gasteiger partial charge in [0.05, 0.1) is 0 Å². The molecule has 1 amide bonds. The first kappa shape index (κ1) is 19.8. The molecule has 7 heteroatoms. The van der Waals surface area contributed by atoms with Crippen molar-refractivity contribution in [1.29, 1.82) is 0 Å². The van der Waals surface area contributed by atoms with Crippen molar-refractivity contribution >= 4 is 12.1 Å². The van der Waals surface area contributed by atoms with Crippen molar-refractivity contribution in [2.45, 2.75) is 45.6 Å². The second-order valence-electron chi connectivity index (χ2n) is 7.99. The minimum absolute atomic E-state index is 0.195. The van der Waals surface area contributed by atoms with Gasteiger partial charge >= 0.3 is 6.09 Å². The van der Waals surface area contributed by atoms with E-state index in [1.54, 1.807) is 0 Å². The lowest BCUT2D eigenvalue weighted by molar-refractivity contribution is 0.0145. The molecule has 1 saturated heterocycles. The largest absolute Gasteiger partial charge is 0.444 e. The summed E-state index contributed by atoms with van der Waals surface area (Å²) in [6.45, 7) is 12.0. The van der Waals surface area contributed by atoms with Crippen molar-refractivity contribution < 1.29 is 9.53 Å². The van der Waals surface area contributed by atoms with Gasteiger partial charge in [0, 0.05) is 46.3 Å². The molecule has 144 valence electrons. The van der Waals surface area contributed by atoms with Gasteiger partial charge in [0.15, 0.2) is 5.96 Å². The van der Waals surface area contributed by atoms with Crippen LogP contribution in [0.3, 0.4) is 0 Å². The van der Waals surface area contributed by atoms with Gasteiger partial charge in [-0.1, -0.05) is 0 Å². The highest BCUT2D eigenvalue weighted by Crippen LogP contribution is 2.27. The van der Waals surface area contributed by atoms with Gasteiger partial charge < -0.3 is 20.3 Å². The SMILES string of the molecule is CN=C(NCCCN1CCN(C(=O)OC(C)(C)C)CC1)NCC1CC1. The maximum atomic E-state index is 12.1. The Morgan fingerprint density at radius 2 is 1.84 bits per heavy atom. The van der Waals surface area contributed by atoms with E-state index in [-0.39, 0.29) is 6.09 Å². The predicted octanol–water partition coefficient (Wildman–Crippen LogP) is 1.50. The van der Waals surface area contributed by atoms with Crippen LogP contribution in [0.5, 0.6) is 0 Å². The molecule has 0 aromatic rings. The highest BCUT2D eigenvalue weighted by molar-refractivity contribution is 5.79. The maximum Gasteiger partial charge on any atom is 0.410 e. The fourth-order valence-electron chi connectivity index (χ4n) is 2.77. The molecular weight excluding hydrogens is 318 g/mol. The van der Waals surface area contributed by atoms with Crippen LogP contribution in [0.1, 0.15) is 40.0 Å². The average molecular weight is 354 g/mol. The molecule has 0 spiro atoms. The van der Waals surface area contributed by atoms with Crippen LogP contribution < -0.4 is 10.6 Å². The maximum absolute atomic E-state index is 12.1. The van der Waals surface area contributed by atoms with E-state index in [9.17, 15) is 4.79 Å². The van der Waals surface area contributed by atoms with E-state index in [1.165, 1.54) is 12.8 Å². The molecule has 2 fully saturated rings. The van der Waals surface area contributed by atoms with Crippen molar-refractivity contribution in [3.05, 3.63) is 0 Å². The summed E-state index contributed by atoms with van der Waals surface area (Å²) < 4.78 is 5.43. The van der Waals surface area contributed by atoms with Crippen molar-refractivity contribution in [3.8, 4) is 0 Å². The van der Waals surface area contributed by atoms with Crippen LogP contribution in [0, 0.1) is 5.92 Å². The van der Waals surface area contributed by atoms with E-state index < -0.39 is 5.60 Å². The lowest BCUT2D eigenvalue weighted by Gasteiger charge is -2.35. The van der Waals surface area contributed by atoms with Gasteiger partial charge in [0.1, 0.15) is 5.60 Å². The van der Waals surface area contributed by atoms with Crippen LogP contribution in [0.25, 0.3) is 0 Å². The Labute approximate surface area is 152 Å². The number of rotatable bonds is 6. The third kappa shape index (κ3) is 7.94. The smallest absolute Gasteiger partial charge is 0.410 e. The monoisotopic (exact) mass is 353 g/mol. The molecule has 1 aliphatic heterocycles. The van der Waals surface area contributed by atoms with Gasteiger partial charge in [-0.25, -0.2) is 4.79 Å². The number of carbonyl (C=O) groups is 1. The lowest BCUT2D eigenvalue weighted by Crippen LogP contribution is -2.50. The van der Waals surface area contributed by atoms with Crippen LogP contribution in [0.15, 0.2) is 4.99 Å². The van der Waals surface area contributed by atoms with E-state index in [2.05, 4.69) is 20.5 Å². The molecule has 25 heavy (non-hydrogen) atoms. The van der Waals surface area contributed by atoms with Gasteiger partial charge in [0.25, 0.3) is 0 Å². The number of hydrogen-bond donors (Lipinski definition) is 2. The molecule has 7 nitrogen and oxygen atoms in total. The third-order valence-electron chi connectivity index (χ3n) is 4.45. The molecule has 0 unspecified atom stereocenters. The van der Waals surface area contributed by atoms with Crippen LogP contribution in [-0.4, -0.2) is 80.3 Å². The Balaban J connectivity index is 1.55. The van der Waals surface area contributed by atoms with Gasteiger partial charge in [-0.3, -0.25) is 9.89 Å². The molecule has 2 rings (SSSR count). The van der Waals surface area contributed by atoms with Crippen molar-refractivity contribution in [2.75, 3.05) is 52.9 Å². The van der Waals surface area contributed by atoms with Gasteiger partial charge in [-0.2, -0.15) is 0 Å². The van der Waals surface area contributed by atoms with Crippen molar-refractivity contribution in [3.63, 3.8) is 0 Å². The minimum atomic E-state index is -0.425. The molecule has 0 aromatic carbocycles. The first-order valence-electron chi connectivity index (χ1n) is 9.52. The first-order chi connectivity index (χ1) is 11.9. The highest BCUT2D eigenvalue weighted by atomic mass is 16.6. The Kier molecular flexibility index (Phi) is 7.35. The van der Waals surface area contributed by atoms with E-state index in [1.807, 2.05) is 32.7 Å². The molecule has 0 radical (unpaired) electrons. The number of piperazine rings is 1. The Morgan fingerprint density at radius 1 is 1.16 bits per heavy atom. The molecule has 2 aliphatic rings. The molecule has 1 saturated carbocycles. The normalized spacial score (nSPS) is 19.7. The Bertz CT molecular complexity index is 449. The van der Waals surface area contributed by atoms with E-state index >= 15 is 0 Å². The molecule has 1 heterocycles. The number of amides is 1. The highest BCUT2D eigenvalue weighted by Gasteiger charge is 2.25. The Morgan fingerprint density at radius 3 is 2.40 bits per heavy atom. The first-order valence-corrected chi connectivity index (χ1v) is 9.52. The van der Waals surface area contributed by atoms with Gasteiger partial charge in [-0.15, -0.1) is 0 Å². The third-order valence-corrected chi connectivity index (χ3v) is 4.45. The van der Waals surface area contributed by atoms with Crippen LogP contribution >= 0.6 is 0 Å². The summed E-state index contributed by atoms with van der Waals surface area (Å²) in [4.78, 5) is 20.5. The molecule has 1 aliphatic carbocycles. The van der Waals surface area contributed by atoms with E-state index in [0.717, 1.165) is 64.1 Å². The zero-order chi connectivity index (χ0) is 18.3. The number of aliphatic imine (C=N–C) groups is 1. The fraction of sp³-hybridized carbons (Fsp3) is 0.889. The number of hydrogen-bond acceptors (Lipinski definition) is 4. The van der Waals surface area contributed by atoms with Crippen molar-refractivity contribution in [2.24, 2.45) is 10.9 Å². The number of nitrogens with zero attached hydrogens (tertiary/aromatic N) is 3. The zero-order valence-electron chi connectivity index (χ0n) is 16.3. The summed E-state index contributed by atoms with van der Waals surface area (Å²) in [5.74, 6) is 1.75. The lowest BCUT2D eigenvalue weighted by atomic mass is 10.2. The molecular formula is C18H35N5O2. The molecule has 0 aromatic heterocycles. The standard InChI is InChI=1S/C18H35N5O2/c1-18(2,3)25-17(24)23-12-10-22(11-13-23)9-5-8-20-16(19-4)21-14-15-6-7-15/h15H,5-14H2,1-4H3,(H2,19,20,21). The minimum Gasteiger partial charge on any atom is -0.444 e. The number of carbonyl (C=O) groups excluding carboxylic acids is 1. The molecule has 0 bridgehead atoms. The summed E-state index contributed by atoms with van der Waals surface area (Å²) in [7, 11) is 1.82. The fourth-order valence-corrected chi connectivity index (χ4v) is 2.77. The zero-order valence-corrected chi connectivity index (χ0v) is 16.3. The second-order valence-corrected chi connectivity index (χ2v) is 7.99. The summed E-state index contributed by atoms with van der Waals surface area (Å²) in [6, 6.07) is 0. The van der Waals surface area contributed by atoms with Crippen LogP contribution in [0.4, 0.5) is 4.79 Å². The second kappa shape index (κ2) is 9.27. The number of nitrogens with one attached hydrogen (secondary N) is 2. The average Bonchev–Trinajstić information content (AvgIpc) is 3.37. The van der Waals surface area contributed by atoms with Crippen molar-refractivity contribution in [1.82, 2.24) is 20.4 Å². The summed E-state index contributed by atoms with van der Waals surface area (Å²) in [5, 5.41) is 6.75. The van der Waals surface area contributed by atoms with Gasteiger partial charge in [0.2, 0.25) is 0 Å². The topological polar surface area (TPSA) is 69.2 Å². The van der Waals surface area contributed by atoms with Crippen LogP contribution in [0.2, 0.25) is 0 Å². The summed E-state index contributed by atoms with van der Waals surface area (Å²) >= 11 is 0. The number of ether oxygens (including phenoxy) is 1. The Hall–Kier alpha value is -1.50. The number of guanidine groups is 1. The van der Waals surface area contributed by atoms with Crippen LogP contribution in [-0.2, 0) is 4.74 Å². The van der Waals surface area contributed by atoms with Gasteiger partial charge in [-0.05, 0) is 52.5 Å². The summed E-state index contributed by atoms with van der Waals surface area (Å²) in [5.41, 5.74) is -0.425. The summed E-state index contributed by atoms with van der Waals surface area (Å²) in [6.07, 6.45) is 3.56. The van der Waals surface area contributed by atoms with E-state index in [0.29, 0.717) is 0 Å². The predicted molar refractivity (Wildman–Crippen MR) is 101 cm³/mol. The molecule has 2 N–H and O–H groups in total.